The van der Waals surface area contributed by atoms with Crippen LogP contribution >= 0.6 is 0 Å². The van der Waals surface area contributed by atoms with Crippen molar-refractivity contribution in [2.45, 2.75) is 63.3 Å². The third-order valence-corrected chi connectivity index (χ3v) is 10.0. The van der Waals surface area contributed by atoms with Gasteiger partial charge in [0.2, 0.25) is 35.4 Å². The number of hydrogen-bond acceptors (Lipinski definition) is 9. The molecule has 15 nitrogen and oxygen atoms in total. The molecule has 1 fully saturated rings. The molecule has 0 radical (unpaired) electrons. The van der Waals surface area contributed by atoms with Crippen LogP contribution in [-0.2, 0) is 48.0 Å². The molecule has 0 bridgehead atoms. The summed E-state index contributed by atoms with van der Waals surface area (Å²) in [5.74, 6) is -2.12. The van der Waals surface area contributed by atoms with E-state index in [1.165, 1.54) is 71.0 Å². The molecule has 1 heterocycles. The summed E-state index contributed by atoms with van der Waals surface area (Å²) in [5, 5.41) is 8.03. The summed E-state index contributed by atoms with van der Waals surface area (Å²) in [5.41, 5.74) is 2.09. The van der Waals surface area contributed by atoms with Crippen molar-refractivity contribution < 1.29 is 43.0 Å². The number of hydrogen-bond donors (Lipinski definition) is 3. The smallest absolute Gasteiger partial charge is 0.246 e. The van der Waals surface area contributed by atoms with Gasteiger partial charge in [-0.15, -0.1) is 0 Å². The normalized spacial score (nSPS) is 22.1. The van der Waals surface area contributed by atoms with E-state index in [1.54, 1.807) is 42.5 Å². The molecule has 0 saturated carbocycles. The predicted molar refractivity (Wildman–Crippen MR) is 208 cm³/mol. The van der Waals surface area contributed by atoms with Crippen molar-refractivity contribution in [2.75, 3.05) is 49.0 Å². The van der Waals surface area contributed by atoms with E-state index in [9.17, 15) is 28.8 Å². The Labute approximate surface area is 327 Å². The van der Waals surface area contributed by atoms with Gasteiger partial charge in [0.1, 0.15) is 36.0 Å². The minimum absolute atomic E-state index is 0.00378. The molecular formula is C41H52N6O9. The summed E-state index contributed by atoms with van der Waals surface area (Å²) in [6.45, 7) is 2.45. The first-order chi connectivity index (χ1) is 26.7. The average Bonchev–Trinajstić information content (AvgIpc) is 3.21. The van der Waals surface area contributed by atoms with Gasteiger partial charge in [0.05, 0.1) is 27.9 Å². The number of likely N-dealkylation sites (N-methyl/N-ethyl adjacent to an activating group) is 3. The lowest BCUT2D eigenvalue weighted by Crippen LogP contribution is -2.60. The SMILES string of the molecule is COc1ccc(CC2C(=O)NCC(=O)N(C)[C@@H](Cc3ccccc3)C(=O)N(C)[C@@H](Cc3ccc(OC)c(OC)c3)C(=O)N[C@H](C)C(=O)N[C@@H](C)C(=O)N2C)cc1. The van der Waals surface area contributed by atoms with Crippen molar-refractivity contribution in [3.8, 4) is 17.2 Å². The number of carbonyl (C=O) groups is 6. The molecule has 1 saturated heterocycles. The van der Waals surface area contributed by atoms with Crippen LogP contribution in [0.1, 0.15) is 30.5 Å². The molecule has 1 aliphatic rings. The maximum absolute atomic E-state index is 14.6. The summed E-state index contributed by atoms with van der Waals surface area (Å²) >= 11 is 0. The van der Waals surface area contributed by atoms with Crippen LogP contribution in [0.3, 0.4) is 0 Å². The zero-order valence-corrected chi connectivity index (χ0v) is 33.2. The van der Waals surface area contributed by atoms with E-state index in [1.807, 2.05) is 30.3 Å². The zero-order valence-electron chi connectivity index (χ0n) is 33.2. The van der Waals surface area contributed by atoms with Crippen molar-refractivity contribution >= 4 is 35.4 Å². The summed E-state index contributed by atoms with van der Waals surface area (Å²) < 4.78 is 16.1. The summed E-state index contributed by atoms with van der Waals surface area (Å²) in [6, 6.07) is 15.6. The second kappa shape index (κ2) is 19.5. The van der Waals surface area contributed by atoms with Crippen molar-refractivity contribution in [2.24, 2.45) is 0 Å². The van der Waals surface area contributed by atoms with Crippen molar-refractivity contribution in [3.63, 3.8) is 0 Å². The highest BCUT2D eigenvalue weighted by atomic mass is 16.5. The fraction of sp³-hybridized carbons (Fsp3) is 0.415. The van der Waals surface area contributed by atoms with E-state index in [-0.39, 0.29) is 19.3 Å². The molecule has 0 aliphatic carbocycles. The summed E-state index contributed by atoms with van der Waals surface area (Å²) in [6.07, 6.45) is 0.180. The molecule has 1 aliphatic heterocycles. The molecule has 56 heavy (non-hydrogen) atoms. The molecule has 4 rings (SSSR count). The van der Waals surface area contributed by atoms with Gasteiger partial charge in [0, 0.05) is 40.4 Å². The van der Waals surface area contributed by atoms with Gasteiger partial charge in [-0.25, -0.2) is 0 Å². The third kappa shape index (κ3) is 10.5. The highest BCUT2D eigenvalue weighted by molar-refractivity contribution is 5.97. The molecular weight excluding hydrogens is 720 g/mol. The number of nitrogens with one attached hydrogen (secondary N) is 3. The van der Waals surface area contributed by atoms with Gasteiger partial charge >= 0.3 is 0 Å². The Balaban J connectivity index is 1.75. The van der Waals surface area contributed by atoms with E-state index in [4.69, 9.17) is 14.2 Å². The van der Waals surface area contributed by atoms with E-state index >= 15 is 0 Å². The maximum Gasteiger partial charge on any atom is 0.246 e. The average molecular weight is 773 g/mol. The van der Waals surface area contributed by atoms with Crippen molar-refractivity contribution in [3.05, 3.63) is 89.5 Å². The first kappa shape index (κ1) is 42.6. The van der Waals surface area contributed by atoms with Gasteiger partial charge in [0.15, 0.2) is 11.5 Å². The Morgan fingerprint density at radius 2 is 1.09 bits per heavy atom. The molecule has 3 aromatic carbocycles. The number of benzene rings is 3. The van der Waals surface area contributed by atoms with Crippen LogP contribution in [0.4, 0.5) is 0 Å². The molecule has 5 atom stereocenters. The summed E-state index contributed by atoms with van der Waals surface area (Å²) in [4.78, 5) is 87.5. The van der Waals surface area contributed by atoms with Gasteiger partial charge in [0.25, 0.3) is 0 Å². The van der Waals surface area contributed by atoms with Crippen molar-refractivity contribution in [1.29, 1.82) is 0 Å². The van der Waals surface area contributed by atoms with Gasteiger partial charge in [-0.1, -0.05) is 48.5 Å². The van der Waals surface area contributed by atoms with E-state index < -0.39 is 72.2 Å². The Bertz CT molecular complexity index is 1870. The Morgan fingerprint density at radius 1 is 0.554 bits per heavy atom. The van der Waals surface area contributed by atoms with Crippen LogP contribution in [-0.4, -0.2) is 129 Å². The molecule has 3 N–H and O–H groups in total. The highest BCUT2D eigenvalue weighted by Gasteiger charge is 2.37. The quantitative estimate of drug-likeness (QED) is 0.290. The number of rotatable bonds is 9. The van der Waals surface area contributed by atoms with Gasteiger partial charge in [-0.05, 0) is 54.8 Å². The fourth-order valence-electron chi connectivity index (χ4n) is 6.46. The number of methoxy groups -OCH3 is 3. The first-order valence-corrected chi connectivity index (χ1v) is 18.2. The number of nitrogens with zero attached hydrogens (tertiary/aromatic N) is 3. The van der Waals surface area contributed by atoms with E-state index in [0.29, 0.717) is 28.4 Å². The maximum atomic E-state index is 14.6. The minimum atomic E-state index is -1.17. The van der Waals surface area contributed by atoms with Gasteiger partial charge in [-0.2, -0.15) is 0 Å². The molecule has 15 heteroatoms. The van der Waals surface area contributed by atoms with Crippen LogP contribution in [0, 0.1) is 0 Å². The van der Waals surface area contributed by atoms with Crippen molar-refractivity contribution in [1.82, 2.24) is 30.7 Å². The number of ether oxygens (including phenoxy) is 3. The highest BCUT2D eigenvalue weighted by Crippen LogP contribution is 2.29. The van der Waals surface area contributed by atoms with Crippen LogP contribution in [0.25, 0.3) is 0 Å². The van der Waals surface area contributed by atoms with Gasteiger partial charge < -0.3 is 44.9 Å². The Kier molecular flexibility index (Phi) is 14.8. The molecule has 1 unspecified atom stereocenters. The molecule has 3 aromatic rings. The standard InChI is InChI=1S/C41H52N6O9/c1-25-37(49)44-26(2)40(52)46(4)31(20-28-14-17-30(54-6)18-15-28)38(50)42-24-36(48)45(3)33(21-27-12-10-9-11-13-27)41(53)47(5)32(39(51)43-25)22-29-16-19-34(55-7)35(23-29)56-8/h9-19,23,25-26,31-33H,20-22,24H2,1-8H3,(H,42,50)(H,43,51)(H,44,49)/t25-,26+,31?,32+,33+/m1/s1. The van der Waals surface area contributed by atoms with Crippen LogP contribution in [0.15, 0.2) is 72.8 Å². The lowest BCUT2D eigenvalue weighted by molar-refractivity contribution is -0.148. The number of amides is 6. The fourth-order valence-corrected chi connectivity index (χ4v) is 6.46. The van der Waals surface area contributed by atoms with E-state index in [2.05, 4.69) is 16.0 Å². The zero-order chi connectivity index (χ0) is 41.1. The lowest BCUT2D eigenvalue weighted by atomic mass is 9.99. The van der Waals surface area contributed by atoms with Crippen LogP contribution in [0.2, 0.25) is 0 Å². The summed E-state index contributed by atoms with van der Waals surface area (Å²) in [7, 11) is 8.89. The topological polar surface area (TPSA) is 176 Å². The molecule has 0 aromatic heterocycles. The van der Waals surface area contributed by atoms with Crippen LogP contribution < -0.4 is 30.2 Å². The predicted octanol–water partition coefficient (Wildman–Crippen LogP) is 1.36. The van der Waals surface area contributed by atoms with E-state index in [0.717, 1.165) is 5.56 Å². The monoisotopic (exact) mass is 772 g/mol. The lowest BCUT2D eigenvalue weighted by Gasteiger charge is -2.35. The first-order valence-electron chi connectivity index (χ1n) is 18.2. The second-order valence-electron chi connectivity index (χ2n) is 13.8. The third-order valence-electron chi connectivity index (χ3n) is 10.0. The molecule has 300 valence electrons. The number of carbonyl (C=O) groups excluding carboxylic acids is 6. The largest absolute Gasteiger partial charge is 0.497 e. The molecule has 6 amide bonds. The second-order valence-corrected chi connectivity index (χ2v) is 13.8. The Morgan fingerprint density at radius 3 is 1.71 bits per heavy atom. The Hall–Kier alpha value is -6.12. The molecule has 0 spiro atoms. The van der Waals surface area contributed by atoms with Gasteiger partial charge in [-0.3, -0.25) is 28.8 Å². The minimum Gasteiger partial charge on any atom is -0.497 e. The van der Waals surface area contributed by atoms with Crippen LogP contribution in [0.5, 0.6) is 17.2 Å².